The van der Waals surface area contributed by atoms with Crippen LogP contribution in [0.2, 0.25) is 0 Å². The van der Waals surface area contributed by atoms with Gasteiger partial charge in [-0.25, -0.2) is 8.78 Å². The molecule has 1 aromatic heterocycles. The molecule has 3 aromatic rings. The number of aromatic nitrogens is 1. The van der Waals surface area contributed by atoms with Crippen molar-refractivity contribution >= 4 is 26.8 Å². The molecular weight excluding hydrogens is 312 g/mol. The summed E-state index contributed by atoms with van der Waals surface area (Å²) >= 11 is 3.23. The zero-order valence-corrected chi connectivity index (χ0v) is 11.5. The molecule has 0 N–H and O–H groups in total. The molecule has 3 rings (SSSR count). The lowest BCUT2D eigenvalue weighted by Gasteiger charge is -2.07. The van der Waals surface area contributed by atoms with Crippen LogP contribution in [0, 0.1) is 11.6 Å². The zero-order chi connectivity index (χ0) is 13.4. The van der Waals surface area contributed by atoms with Crippen molar-refractivity contribution in [3.8, 4) is 0 Å². The van der Waals surface area contributed by atoms with Gasteiger partial charge in [-0.3, -0.25) is 0 Å². The predicted octanol–water partition coefficient (Wildman–Crippen LogP) is 4.73. The van der Waals surface area contributed by atoms with Crippen molar-refractivity contribution in [2.24, 2.45) is 0 Å². The standard InChI is InChI=1S/C15H10BrF2N/c16-12-3-1-11(14(18)7-12)9-19-6-5-10-2-4-13(17)8-15(10)19/h1-8H,9H2. The van der Waals surface area contributed by atoms with Crippen LogP contribution in [-0.2, 0) is 6.54 Å². The molecule has 0 saturated heterocycles. The molecule has 0 fully saturated rings. The fourth-order valence-corrected chi connectivity index (χ4v) is 2.46. The van der Waals surface area contributed by atoms with Crippen molar-refractivity contribution in [2.75, 3.05) is 0 Å². The fourth-order valence-electron chi connectivity index (χ4n) is 2.13. The Morgan fingerprint density at radius 3 is 2.63 bits per heavy atom. The molecule has 0 unspecified atom stereocenters. The van der Waals surface area contributed by atoms with E-state index in [2.05, 4.69) is 15.9 Å². The lowest BCUT2D eigenvalue weighted by molar-refractivity contribution is 0.600. The molecule has 1 heterocycles. The van der Waals surface area contributed by atoms with Crippen molar-refractivity contribution in [2.45, 2.75) is 6.54 Å². The highest BCUT2D eigenvalue weighted by molar-refractivity contribution is 9.10. The molecular formula is C15H10BrF2N. The summed E-state index contributed by atoms with van der Waals surface area (Å²) in [6.45, 7) is 0.381. The SMILES string of the molecule is Fc1ccc2ccn(Cc3ccc(Br)cc3F)c2c1. The Labute approximate surface area is 117 Å². The highest BCUT2D eigenvalue weighted by atomic mass is 79.9. The average Bonchev–Trinajstić information content (AvgIpc) is 2.75. The van der Waals surface area contributed by atoms with Crippen molar-refractivity contribution in [3.63, 3.8) is 0 Å². The highest BCUT2D eigenvalue weighted by Crippen LogP contribution is 2.21. The Balaban J connectivity index is 2.03. The van der Waals surface area contributed by atoms with Crippen molar-refractivity contribution in [3.05, 3.63) is 70.3 Å². The molecule has 0 aliphatic rings. The van der Waals surface area contributed by atoms with Crippen molar-refractivity contribution < 1.29 is 8.78 Å². The largest absolute Gasteiger partial charge is 0.343 e. The van der Waals surface area contributed by atoms with Crippen LogP contribution in [0.3, 0.4) is 0 Å². The quantitative estimate of drug-likeness (QED) is 0.643. The van der Waals surface area contributed by atoms with Gasteiger partial charge in [-0.1, -0.05) is 22.0 Å². The third-order valence-electron chi connectivity index (χ3n) is 3.09. The second-order valence-corrected chi connectivity index (χ2v) is 5.30. The van der Waals surface area contributed by atoms with E-state index in [0.717, 1.165) is 10.9 Å². The maximum Gasteiger partial charge on any atom is 0.129 e. The first-order valence-electron chi connectivity index (χ1n) is 5.82. The molecule has 0 amide bonds. The van der Waals surface area contributed by atoms with E-state index in [0.29, 0.717) is 16.6 Å². The van der Waals surface area contributed by atoms with Crippen LogP contribution in [0.25, 0.3) is 10.9 Å². The Kier molecular flexibility index (Phi) is 3.11. The van der Waals surface area contributed by atoms with Gasteiger partial charge in [0.2, 0.25) is 0 Å². The number of benzene rings is 2. The van der Waals surface area contributed by atoms with E-state index in [9.17, 15) is 8.78 Å². The lowest BCUT2D eigenvalue weighted by atomic mass is 10.2. The zero-order valence-electron chi connectivity index (χ0n) is 9.91. The van der Waals surface area contributed by atoms with E-state index in [-0.39, 0.29) is 11.6 Å². The van der Waals surface area contributed by atoms with E-state index in [1.165, 1.54) is 18.2 Å². The second-order valence-electron chi connectivity index (χ2n) is 4.38. The number of nitrogens with zero attached hydrogens (tertiary/aromatic N) is 1. The number of hydrogen-bond acceptors (Lipinski definition) is 0. The molecule has 0 aliphatic heterocycles. The summed E-state index contributed by atoms with van der Waals surface area (Å²) in [5.41, 5.74) is 1.34. The van der Waals surface area contributed by atoms with Crippen molar-refractivity contribution in [1.82, 2.24) is 4.57 Å². The molecule has 1 nitrogen and oxygen atoms in total. The summed E-state index contributed by atoms with van der Waals surface area (Å²) in [5, 5.41) is 0.943. The van der Waals surface area contributed by atoms with Gasteiger partial charge in [0, 0.05) is 16.2 Å². The van der Waals surface area contributed by atoms with E-state index >= 15 is 0 Å². The summed E-state index contributed by atoms with van der Waals surface area (Å²) < 4.78 is 29.6. The van der Waals surface area contributed by atoms with Gasteiger partial charge in [-0.15, -0.1) is 0 Å². The smallest absolute Gasteiger partial charge is 0.129 e. The summed E-state index contributed by atoms with van der Waals surface area (Å²) in [6.07, 6.45) is 1.84. The topological polar surface area (TPSA) is 4.93 Å². The predicted molar refractivity (Wildman–Crippen MR) is 75.1 cm³/mol. The molecule has 0 radical (unpaired) electrons. The van der Waals surface area contributed by atoms with Gasteiger partial charge < -0.3 is 4.57 Å². The molecule has 4 heteroatoms. The van der Waals surface area contributed by atoms with Crippen LogP contribution in [-0.4, -0.2) is 4.57 Å². The Hall–Kier alpha value is -1.68. The number of halogens is 3. The van der Waals surface area contributed by atoms with Crippen LogP contribution < -0.4 is 0 Å². The van der Waals surface area contributed by atoms with E-state index in [4.69, 9.17) is 0 Å². The van der Waals surface area contributed by atoms with Crippen LogP contribution in [0.5, 0.6) is 0 Å². The number of fused-ring (bicyclic) bond motifs is 1. The van der Waals surface area contributed by atoms with Gasteiger partial charge in [0.1, 0.15) is 11.6 Å². The van der Waals surface area contributed by atoms with Crippen LogP contribution in [0.4, 0.5) is 8.78 Å². The van der Waals surface area contributed by atoms with Gasteiger partial charge in [0.15, 0.2) is 0 Å². The molecule has 0 spiro atoms. The molecule has 19 heavy (non-hydrogen) atoms. The summed E-state index contributed by atoms with van der Waals surface area (Å²) in [4.78, 5) is 0. The maximum atomic E-state index is 13.8. The minimum absolute atomic E-state index is 0.271. The summed E-state index contributed by atoms with van der Waals surface area (Å²) in [5.74, 6) is -0.559. The number of rotatable bonds is 2. The van der Waals surface area contributed by atoms with Crippen LogP contribution in [0.15, 0.2) is 53.1 Å². The van der Waals surface area contributed by atoms with E-state index < -0.39 is 0 Å². The first kappa shape index (κ1) is 12.4. The van der Waals surface area contributed by atoms with E-state index in [1.54, 1.807) is 18.2 Å². The third-order valence-corrected chi connectivity index (χ3v) is 3.59. The first-order valence-corrected chi connectivity index (χ1v) is 6.61. The van der Waals surface area contributed by atoms with Gasteiger partial charge >= 0.3 is 0 Å². The van der Waals surface area contributed by atoms with Gasteiger partial charge in [0.05, 0.1) is 12.1 Å². The summed E-state index contributed by atoms with van der Waals surface area (Å²) in [6, 6.07) is 11.5. The highest BCUT2D eigenvalue weighted by Gasteiger charge is 2.07. The van der Waals surface area contributed by atoms with Gasteiger partial charge in [-0.2, -0.15) is 0 Å². The summed E-state index contributed by atoms with van der Waals surface area (Å²) in [7, 11) is 0. The van der Waals surface area contributed by atoms with Gasteiger partial charge in [-0.05, 0) is 41.8 Å². The molecule has 0 atom stereocenters. The number of hydrogen-bond donors (Lipinski definition) is 0. The molecule has 96 valence electrons. The molecule has 0 bridgehead atoms. The third kappa shape index (κ3) is 2.40. The normalized spacial score (nSPS) is 11.1. The monoisotopic (exact) mass is 321 g/mol. The van der Waals surface area contributed by atoms with E-state index in [1.807, 2.05) is 16.8 Å². The molecule has 2 aromatic carbocycles. The van der Waals surface area contributed by atoms with Crippen LogP contribution in [0.1, 0.15) is 5.56 Å². The maximum absolute atomic E-state index is 13.8. The van der Waals surface area contributed by atoms with Crippen molar-refractivity contribution in [1.29, 1.82) is 0 Å². The minimum Gasteiger partial charge on any atom is -0.343 e. The average molecular weight is 322 g/mol. The Morgan fingerprint density at radius 1 is 1.00 bits per heavy atom. The molecule has 0 aliphatic carbocycles. The van der Waals surface area contributed by atoms with Gasteiger partial charge in [0.25, 0.3) is 0 Å². The minimum atomic E-state index is -0.288. The Morgan fingerprint density at radius 2 is 1.84 bits per heavy atom. The first-order chi connectivity index (χ1) is 9.13. The van der Waals surface area contributed by atoms with Crippen LogP contribution >= 0.6 is 15.9 Å². The Bertz CT molecular complexity index is 749. The lowest BCUT2D eigenvalue weighted by Crippen LogP contribution is -2.00. The fraction of sp³-hybridized carbons (Fsp3) is 0.0667. The molecule has 0 saturated carbocycles. The second kappa shape index (κ2) is 4.78.